The van der Waals surface area contributed by atoms with E-state index in [1.165, 1.54) is 0 Å². The quantitative estimate of drug-likeness (QED) is 0.668. The van der Waals surface area contributed by atoms with Crippen molar-refractivity contribution in [3.05, 3.63) is 48.5 Å². The van der Waals surface area contributed by atoms with E-state index in [9.17, 15) is 4.79 Å². The summed E-state index contributed by atoms with van der Waals surface area (Å²) in [6.07, 6.45) is 0. The fourth-order valence-corrected chi connectivity index (χ4v) is 2.28. The average molecular weight is 326 g/mol. The number of methoxy groups -OCH3 is 1. The number of nitrogens with one attached hydrogen (secondary N) is 1. The molecule has 1 aromatic heterocycles. The molecule has 0 saturated heterocycles. The maximum atomic E-state index is 12.0. The molecule has 0 atom stereocenters. The Bertz CT molecular complexity index is 831. The molecule has 24 heavy (non-hydrogen) atoms. The Morgan fingerprint density at radius 2 is 2.00 bits per heavy atom. The maximum absolute atomic E-state index is 12.0. The highest BCUT2D eigenvalue weighted by Crippen LogP contribution is 2.18. The molecule has 1 N–H and O–H groups in total. The minimum Gasteiger partial charge on any atom is -0.497 e. The number of hydrogen-bond acceptors (Lipinski definition) is 5. The minimum absolute atomic E-state index is 0.125. The molecule has 3 rings (SSSR count). The Kier molecular flexibility index (Phi) is 4.90. The molecule has 0 aliphatic heterocycles. The lowest BCUT2D eigenvalue weighted by atomic mass is 10.3. The minimum atomic E-state index is -0.139. The molecule has 1 amide bonds. The molecule has 0 spiro atoms. The normalized spacial score (nSPS) is 10.5. The van der Waals surface area contributed by atoms with Gasteiger partial charge in [-0.25, -0.2) is 4.68 Å². The number of nitrogens with zero attached hydrogens (tertiary/aromatic N) is 3. The van der Waals surface area contributed by atoms with E-state index in [-0.39, 0.29) is 12.5 Å². The summed E-state index contributed by atoms with van der Waals surface area (Å²) in [5, 5.41) is 10.8. The van der Waals surface area contributed by atoms with Gasteiger partial charge >= 0.3 is 0 Å². The van der Waals surface area contributed by atoms with Gasteiger partial charge in [0.15, 0.2) is 0 Å². The summed E-state index contributed by atoms with van der Waals surface area (Å²) in [7, 11) is 1.60. The van der Waals surface area contributed by atoms with Crippen molar-refractivity contribution in [2.24, 2.45) is 0 Å². The summed E-state index contributed by atoms with van der Waals surface area (Å²) in [6.45, 7) is 0.902. The number of aromatic nitrogens is 3. The third kappa shape index (κ3) is 3.81. The van der Waals surface area contributed by atoms with Crippen LogP contribution in [0, 0.1) is 0 Å². The predicted molar refractivity (Wildman–Crippen MR) is 89.0 cm³/mol. The van der Waals surface area contributed by atoms with Gasteiger partial charge in [0, 0.05) is 6.07 Å². The molecule has 0 saturated carbocycles. The van der Waals surface area contributed by atoms with Gasteiger partial charge in [-0.2, -0.15) is 0 Å². The van der Waals surface area contributed by atoms with Crippen LogP contribution < -0.4 is 14.8 Å². The number of para-hydroxylation sites is 1. The van der Waals surface area contributed by atoms with Crippen LogP contribution in [0.1, 0.15) is 0 Å². The molecule has 1 heterocycles. The van der Waals surface area contributed by atoms with Crippen LogP contribution in [0.3, 0.4) is 0 Å². The van der Waals surface area contributed by atoms with Crippen LogP contribution in [0.4, 0.5) is 0 Å². The fraction of sp³-hybridized carbons (Fsp3) is 0.235. The zero-order valence-corrected chi connectivity index (χ0v) is 13.3. The molecular formula is C17H18N4O3. The molecule has 0 aliphatic rings. The van der Waals surface area contributed by atoms with Crippen molar-refractivity contribution in [2.45, 2.75) is 6.54 Å². The van der Waals surface area contributed by atoms with Gasteiger partial charge in [0.1, 0.15) is 30.2 Å². The second kappa shape index (κ2) is 7.45. The summed E-state index contributed by atoms with van der Waals surface area (Å²) >= 11 is 0. The number of ether oxygens (including phenoxy) is 2. The molecule has 7 heteroatoms. The third-order valence-corrected chi connectivity index (χ3v) is 3.45. The first kappa shape index (κ1) is 15.8. The first-order chi connectivity index (χ1) is 11.8. The Morgan fingerprint density at radius 1 is 1.17 bits per heavy atom. The first-order valence-corrected chi connectivity index (χ1v) is 7.58. The SMILES string of the molecule is COc1cccc(OCCNC(=O)Cn2nnc3ccccc32)c1. The molecule has 0 fully saturated rings. The van der Waals surface area contributed by atoms with E-state index in [1.807, 2.05) is 42.5 Å². The highest BCUT2D eigenvalue weighted by atomic mass is 16.5. The number of hydrogen-bond donors (Lipinski definition) is 1. The highest BCUT2D eigenvalue weighted by Gasteiger charge is 2.08. The van der Waals surface area contributed by atoms with E-state index in [2.05, 4.69) is 15.6 Å². The van der Waals surface area contributed by atoms with Crippen molar-refractivity contribution in [2.75, 3.05) is 20.3 Å². The van der Waals surface area contributed by atoms with Crippen LogP contribution >= 0.6 is 0 Å². The number of fused-ring (bicyclic) bond motifs is 1. The predicted octanol–water partition coefficient (Wildman–Crippen LogP) is 1.64. The summed E-state index contributed by atoms with van der Waals surface area (Å²) in [4.78, 5) is 12.0. The Morgan fingerprint density at radius 3 is 2.88 bits per heavy atom. The molecule has 124 valence electrons. The van der Waals surface area contributed by atoms with E-state index in [4.69, 9.17) is 9.47 Å². The largest absolute Gasteiger partial charge is 0.497 e. The molecular weight excluding hydrogens is 308 g/mol. The highest BCUT2D eigenvalue weighted by molar-refractivity contribution is 5.79. The standard InChI is InChI=1S/C17H18N4O3/c1-23-13-5-4-6-14(11-13)24-10-9-18-17(22)12-21-16-8-3-2-7-15(16)19-20-21/h2-8,11H,9-10,12H2,1H3,(H,18,22). The van der Waals surface area contributed by atoms with Crippen LogP contribution in [0.25, 0.3) is 11.0 Å². The molecule has 0 bridgehead atoms. The van der Waals surface area contributed by atoms with Crippen LogP contribution in [0.15, 0.2) is 48.5 Å². The van der Waals surface area contributed by atoms with E-state index in [1.54, 1.807) is 17.9 Å². The Hall–Kier alpha value is -3.09. The van der Waals surface area contributed by atoms with Crippen molar-refractivity contribution in [3.8, 4) is 11.5 Å². The average Bonchev–Trinajstić information content (AvgIpc) is 3.02. The van der Waals surface area contributed by atoms with Gasteiger partial charge in [0.2, 0.25) is 5.91 Å². The number of carbonyl (C=O) groups is 1. The van der Waals surface area contributed by atoms with E-state index in [0.717, 1.165) is 16.8 Å². The van der Waals surface area contributed by atoms with Crippen molar-refractivity contribution in [3.63, 3.8) is 0 Å². The van der Waals surface area contributed by atoms with E-state index >= 15 is 0 Å². The van der Waals surface area contributed by atoms with Crippen LogP contribution in [0.5, 0.6) is 11.5 Å². The lowest BCUT2D eigenvalue weighted by Crippen LogP contribution is -2.31. The molecule has 0 unspecified atom stereocenters. The van der Waals surface area contributed by atoms with Crippen LogP contribution in [-0.2, 0) is 11.3 Å². The van der Waals surface area contributed by atoms with Crippen LogP contribution in [-0.4, -0.2) is 41.2 Å². The first-order valence-electron chi connectivity index (χ1n) is 7.58. The topological polar surface area (TPSA) is 78.3 Å². The number of benzene rings is 2. The molecule has 2 aromatic carbocycles. The van der Waals surface area contributed by atoms with Gasteiger partial charge in [-0.1, -0.05) is 23.4 Å². The molecule has 3 aromatic rings. The second-order valence-electron chi connectivity index (χ2n) is 5.11. The zero-order valence-electron chi connectivity index (χ0n) is 13.3. The summed E-state index contributed by atoms with van der Waals surface area (Å²) in [5.74, 6) is 1.29. The van der Waals surface area contributed by atoms with Crippen molar-refractivity contribution < 1.29 is 14.3 Å². The van der Waals surface area contributed by atoms with Crippen molar-refractivity contribution >= 4 is 16.9 Å². The Balaban J connectivity index is 1.46. The van der Waals surface area contributed by atoms with E-state index in [0.29, 0.717) is 18.9 Å². The van der Waals surface area contributed by atoms with Gasteiger partial charge in [-0.05, 0) is 24.3 Å². The summed E-state index contributed by atoms with van der Waals surface area (Å²) in [6, 6.07) is 14.8. The van der Waals surface area contributed by atoms with E-state index < -0.39 is 0 Å². The second-order valence-corrected chi connectivity index (χ2v) is 5.11. The lowest BCUT2D eigenvalue weighted by molar-refractivity contribution is -0.121. The summed E-state index contributed by atoms with van der Waals surface area (Å²) < 4.78 is 12.3. The van der Waals surface area contributed by atoms with Crippen molar-refractivity contribution in [1.82, 2.24) is 20.3 Å². The number of rotatable bonds is 7. The van der Waals surface area contributed by atoms with Gasteiger partial charge in [0.25, 0.3) is 0 Å². The third-order valence-electron chi connectivity index (χ3n) is 3.45. The molecule has 0 aliphatic carbocycles. The van der Waals surface area contributed by atoms with Gasteiger partial charge in [-0.3, -0.25) is 4.79 Å². The van der Waals surface area contributed by atoms with Crippen molar-refractivity contribution in [1.29, 1.82) is 0 Å². The monoisotopic (exact) mass is 326 g/mol. The fourth-order valence-electron chi connectivity index (χ4n) is 2.28. The van der Waals surface area contributed by atoms with Gasteiger partial charge < -0.3 is 14.8 Å². The molecule has 7 nitrogen and oxygen atoms in total. The summed E-state index contributed by atoms with van der Waals surface area (Å²) in [5.41, 5.74) is 1.60. The van der Waals surface area contributed by atoms with Crippen LogP contribution in [0.2, 0.25) is 0 Å². The number of amides is 1. The lowest BCUT2D eigenvalue weighted by Gasteiger charge is -2.09. The Labute approximate surface area is 139 Å². The zero-order chi connectivity index (χ0) is 16.8. The number of carbonyl (C=O) groups excluding carboxylic acids is 1. The smallest absolute Gasteiger partial charge is 0.241 e. The molecule has 0 radical (unpaired) electrons. The van der Waals surface area contributed by atoms with Gasteiger partial charge in [0.05, 0.1) is 19.2 Å². The van der Waals surface area contributed by atoms with Gasteiger partial charge in [-0.15, -0.1) is 5.10 Å². The maximum Gasteiger partial charge on any atom is 0.241 e.